The summed E-state index contributed by atoms with van der Waals surface area (Å²) in [4.78, 5) is 10.1. The molecule has 0 spiro atoms. The van der Waals surface area contributed by atoms with Crippen molar-refractivity contribution in [1.29, 1.82) is 0 Å². The summed E-state index contributed by atoms with van der Waals surface area (Å²) >= 11 is 6.44. The van der Waals surface area contributed by atoms with E-state index in [4.69, 9.17) is 0 Å². The van der Waals surface area contributed by atoms with Gasteiger partial charge in [0.25, 0.3) is 0 Å². The van der Waals surface area contributed by atoms with Crippen molar-refractivity contribution < 1.29 is 0 Å². The van der Waals surface area contributed by atoms with Crippen LogP contribution in [0.15, 0.2) is 32.3 Å². The molecule has 0 atom stereocenters. The van der Waals surface area contributed by atoms with Gasteiger partial charge in [-0.1, -0.05) is 6.07 Å². The highest BCUT2D eigenvalue weighted by atomic mass is 79.9. The highest BCUT2D eigenvalue weighted by Crippen LogP contribution is 2.31. The molecule has 0 amide bonds. The van der Waals surface area contributed by atoms with Crippen LogP contribution in [0, 0.1) is 4.91 Å². The van der Waals surface area contributed by atoms with Gasteiger partial charge in [0.05, 0.1) is 4.47 Å². The van der Waals surface area contributed by atoms with Crippen LogP contribution in [0.4, 0.5) is 5.69 Å². The van der Waals surface area contributed by atoms with E-state index in [0.717, 1.165) is 4.47 Å². The first-order valence-corrected chi connectivity index (χ1v) is 4.11. The summed E-state index contributed by atoms with van der Waals surface area (Å²) in [5.41, 5.74) is 0.411. The molecule has 0 unspecified atom stereocenters. The van der Waals surface area contributed by atoms with Gasteiger partial charge in [0, 0.05) is 4.47 Å². The summed E-state index contributed by atoms with van der Waals surface area (Å²) in [6.45, 7) is 0. The molecule has 1 rings (SSSR count). The molecule has 0 N–H and O–H groups in total. The van der Waals surface area contributed by atoms with Crippen LogP contribution in [0.5, 0.6) is 0 Å². The average Bonchev–Trinajstić information content (AvgIpc) is 1.95. The molecule has 4 heteroatoms. The van der Waals surface area contributed by atoms with E-state index >= 15 is 0 Å². The molecule has 0 aliphatic heterocycles. The first-order chi connectivity index (χ1) is 4.75. The second-order valence-electron chi connectivity index (χ2n) is 1.66. The number of halogens is 2. The molecule has 0 saturated carbocycles. The molecular formula is C6H3Br2NO. The number of nitroso groups, excluding NO2 is 1. The van der Waals surface area contributed by atoms with E-state index < -0.39 is 0 Å². The fourth-order valence-electron chi connectivity index (χ4n) is 0.563. The number of benzene rings is 1. The second kappa shape index (κ2) is 3.25. The minimum atomic E-state index is 0.411. The average molecular weight is 265 g/mol. The van der Waals surface area contributed by atoms with Crippen LogP contribution in [0.2, 0.25) is 0 Å². The number of nitrogens with zero attached hydrogens (tertiary/aromatic N) is 1. The SMILES string of the molecule is O=Nc1cccc(Br)c1Br. The number of hydrogen-bond acceptors (Lipinski definition) is 2. The van der Waals surface area contributed by atoms with Crippen molar-refractivity contribution in [1.82, 2.24) is 0 Å². The fourth-order valence-corrected chi connectivity index (χ4v) is 1.26. The fraction of sp³-hybridized carbons (Fsp3) is 0. The maximum absolute atomic E-state index is 10.1. The van der Waals surface area contributed by atoms with Gasteiger partial charge >= 0.3 is 0 Å². The number of hydrogen-bond donors (Lipinski definition) is 0. The van der Waals surface area contributed by atoms with E-state index in [0.29, 0.717) is 10.2 Å². The largest absolute Gasteiger partial charge is 0.145 e. The Labute approximate surface area is 74.9 Å². The lowest BCUT2D eigenvalue weighted by atomic mass is 10.3. The Hall–Kier alpha value is -0.220. The quantitative estimate of drug-likeness (QED) is 0.713. The van der Waals surface area contributed by atoms with Crippen LogP contribution >= 0.6 is 31.9 Å². The van der Waals surface area contributed by atoms with Crippen LogP contribution in [0.3, 0.4) is 0 Å². The molecule has 10 heavy (non-hydrogen) atoms. The summed E-state index contributed by atoms with van der Waals surface area (Å²) in [6.07, 6.45) is 0. The van der Waals surface area contributed by atoms with Gasteiger partial charge in [0.1, 0.15) is 5.69 Å². The van der Waals surface area contributed by atoms with E-state index in [-0.39, 0.29) is 0 Å². The van der Waals surface area contributed by atoms with E-state index in [1.54, 1.807) is 12.1 Å². The molecule has 0 heterocycles. The highest BCUT2D eigenvalue weighted by molar-refractivity contribution is 9.13. The molecule has 0 radical (unpaired) electrons. The number of rotatable bonds is 1. The van der Waals surface area contributed by atoms with E-state index in [1.807, 2.05) is 6.07 Å². The van der Waals surface area contributed by atoms with Gasteiger partial charge in [-0.25, -0.2) is 0 Å². The zero-order valence-electron chi connectivity index (χ0n) is 4.84. The van der Waals surface area contributed by atoms with Crippen molar-refractivity contribution in [3.63, 3.8) is 0 Å². The predicted molar refractivity (Wildman–Crippen MR) is 47.3 cm³/mol. The third kappa shape index (κ3) is 1.44. The summed E-state index contributed by atoms with van der Waals surface area (Å²) < 4.78 is 1.54. The molecule has 1 aromatic carbocycles. The van der Waals surface area contributed by atoms with Crippen LogP contribution in [-0.4, -0.2) is 0 Å². The van der Waals surface area contributed by atoms with Gasteiger partial charge in [0.15, 0.2) is 0 Å². The van der Waals surface area contributed by atoms with Gasteiger partial charge < -0.3 is 0 Å². The lowest BCUT2D eigenvalue weighted by molar-refractivity contribution is 1.45. The predicted octanol–water partition coefficient (Wildman–Crippen LogP) is 3.61. The molecule has 0 aromatic heterocycles. The van der Waals surface area contributed by atoms with Crippen LogP contribution in [0.1, 0.15) is 0 Å². The third-order valence-electron chi connectivity index (χ3n) is 1.03. The molecule has 0 aliphatic rings. The summed E-state index contributed by atoms with van der Waals surface area (Å²) in [5, 5.41) is 2.80. The standard InChI is InChI=1S/C6H3Br2NO/c7-4-2-1-3-5(9-10)6(4)8/h1-3H. The van der Waals surface area contributed by atoms with Gasteiger partial charge in [-0.15, -0.1) is 4.91 Å². The highest BCUT2D eigenvalue weighted by Gasteiger charge is 2.01. The Kier molecular flexibility index (Phi) is 2.56. The maximum atomic E-state index is 10.1. The minimum Gasteiger partial charge on any atom is -0.145 e. The lowest BCUT2D eigenvalue weighted by Crippen LogP contribution is -1.68. The van der Waals surface area contributed by atoms with Crippen molar-refractivity contribution >= 4 is 37.5 Å². The Morgan fingerprint density at radius 3 is 2.50 bits per heavy atom. The summed E-state index contributed by atoms with van der Waals surface area (Å²) in [6, 6.07) is 5.23. The first kappa shape index (κ1) is 7.88. The summed E-state index contributed by atoms with van der Waals surface area (Å²) in [5.74, 6) is 0. The Morgan fingerprint density at radius 2 is 2.00 bits per heavy atom. The molecule has 1 aromatic rings. The Morgan fingerprint density at radius 1 is 1.30 bits per heavy atom. The van der Waals surface area contributed by atoms with Crippen LogP contribution in [0.25, 0.3) is 0 Å². The smallest absolute Gasteiger partial charge is 0.123 e. The second-order valence-corrected chi connectivity index (χ2v) is 3.31. The summed E-state index contributed by atoms with van der Waals surface area (Å²) in [7, 11) is 0. The Balaban J connectivity index is 3.27. The van der Waals surface area contributed by atoms with Crippen molar-refractivity contribution in [2.75, 3.05) is 0 Å². The molecule has 2 nitrogen and oxygen atoms in total. The van der Waals surface area contributed by atoms with Crippen LogP contribution in [-0.2, 0) is 0 Å². The molecule has 0 aliphatic carbocycles. The van der Waals surface area contributed by atoms with Crippen molar-refractivity contribution in [2.45, 2.75) is 0 Å². The van der Waals surface area contributed by atoms with Crippen molar-refractivity contribution in [3.8, 4) is 0 Å². The molecule has 0 saturated heterocycles. The zero-order valence-corrected chi connectivity index (χ0v) is 8.02. The van der Waals surface area contributed by atoms with E-state index in [9.17, 15) is 4.91 Å². The molecular weight excluding hydrogens is 262 g/mol. The Bertz CT molecular complexity index is 262. The van der Waals surface area contributed by atoms with E-state index in [1.165, 1.54) is 0 Å². The molecule has 0 bridgehead atoms. The van der Waals surface area contributed by atoms with E-state index in [2.05, 4.69) is 37.0 Å². The molecule has 52 valence electrons. The lowest BCUT2D eigenvalue weighted by Gasteiger charge is -1.94. The zero-order chi connectivity index (χ0) is 7.56. The van der Waals surface area contributed by atoms with Gasteiger partial charge in [-0.2, -0.15) is 0 Å². The van der Waals surface area contributed by atoms with Gasteiger partial charge in [-0.05, 0) is 49.2 Å². The topological polar surface area (TPSA) is 29.4 Å². The maximum Gasteiger partial charge on any atom is 0.123 e. The third-order valence-corrected chi connectivity index (χ3v) is 3.06. The minimum absolute atomic E-state index is 0.411. The van der Waals surface area contributed by atoms with Gasteiger partial charge in [0.2, 0.25) is 0 Å². The van der Waals surface area contributed by atoms with Crippen LogP contribution < -0.4 is 0 Å². The van der Waals surface area contributed by atoms with Gasteiger partial charge in [-0.3, -0.25) is 0 Å². The van der Waals surface area contributed by atoms with Crippen molar-refractivity contribution in [2.24, 2.45) is 5.18 Å². The van der Waals surface area contributed by atoms with Crippen molar-refractivity contribution in [3.05, 3.63) is 32.1 Å². The normalized spacial score (nSPS) is 9.40. The first-order valence-electron chi connectivity index (χ1n) is 2.53. The molecule has 0 fully saturated rings. The monoisotopic (exact) mass is 263 g/mol.